The zero-order valence-electron chi connectivity index (χ0n) is 11.8. The van der Waals surface area contributed by atoms with Gasteiger partial charge >= 0.3 is 0 Å². The van der Waals surface area contributed by atoms with Crippen molar-refractivity contribution in [2.45, 2.75) is 33.1 Å². The summed E-state index contributed by atoms with van der Waals surface area (Å²) in [5.74, 6) is 0.880. The number of rotatable bonds is 3. The summed E-state index contributed by atoms with van der Waals surface area (Å²) in [7, 11) is 1.67. The van der Waals surface area contributed by atoms with Gasteiger partial charge in [-0.2, -0.15) is 5.26 Å². The van der Waals surface area contributed by atoms with Crippen LogP contribution in [0, 0.1) is 30.6 Å². The summed E-state index contributed by atoms with van der Waals surface area (Å²) in [6.07, 6.45) is 4.06. The highest BCUT2D eigenvalue weighted by Gasteiger charge is 2.34. The summed E-state index contributed by atoms with van der Waals surface area (Å²) in [5.41, 5.74) is 2.70. The molecule has 1 saturated heterocycles. The predicted octanol–water partition coefficient (Wildman–Crippen LogP) is 2.57. The molecule has 0 radical (unpaired) electrons. The monoisotopic (exact) mass is 260 g/mol. The van der Waals surface area contributed by atoms with Crippen molar-refractivity contribution in [3.8, 4) is 11.8 Å². The van der Waals surface area contributed by atoms with E-state index in [0.717, 1.165) is 35.4 Å². The van der Waals surface area contributed by atoms with Gasteiger partial charge in [0.15, 0.2) is 0 Å². The molecule has 0 amide bonds. The Balaban J connectivity index is 2.30. The van der Waals surface area contributed by atoms with Crippen molar-refractivity contribution < 1.29 is 9.47 Å². The van der Waals surface area contributed by atoms with Crippen LogP contribution >= 0.6 is 0 Å². The molecular weight excluding hydrogens is 240 g/mol. The molecule has 102 valence electrons. The predicted molar refractivity (Wildman–Crippen MR) is 72.1 cm³/mol. The van der Waals surface area contributed by atoms with Crippen molar-refractivity contribution in [3.63, 3.8) is 0 Å². The number of hydrogen-bond acceptors (Lipinski definition) is 4. The van der Waals surface area contributed by atoms with Gasteiger partial charge < -0.3 is 9.47 Å². The van der Waals surface area contributed by atoms with Crippen LogP contribution in [-0.4, -0.2) is 25.3 Å². The maximum atomic E-state index is 9.51. The molecule has 4 nitrogen and oxygen atoms in total. The molecule has 0 N–H and O–H groups in total. The lowest BCUT2D eigenvalue weighted by molar-refractivity contribution is 0.0402. The third-order valence-corrected chi connectivity index (χ3v) is 3.94. The van der Waals surface area contributed by atoms with Crippen LogP contribution in [0.25, 0.3) is 0 Å². The Morgan fingerprint density at radius 1 is 1.42 bits per heavy atom. The number of methoxy groups -OCH3 is 1. The van der Waals surface area contributed by atoms with Gasteiger partial charge in [-0.1, -0.05) is 0 Å². The van der Waals surface area contributed by atoms with Crippen LogP contribution in [0.4, 0.5) is 0 Å². The SMILES string of the molecule is COc1c(C)cnc(CC2(C#N)CCOCC2)c1C. The van der Waals surface area contributed by atoms with Crippen molar-refractivity contribution in [2.24, 2.45) is 5.41 Å². The summed E-state index contributed by atoms with van der Waals surface area (Å²) in [6, 6.07) is 2.48. The zero-order chi connectivity index (χ0) is 13.9. The first-order valence-electron chi connectivity index (χ1n) is 6.60. The topological polar surface area (TPSA) is 55.1 Å². The van der Waals surface area contributed by atoms with Gasteiger partial charge in [0.25, 0.3) is 0 Å². The first-order chi connectivity index (χ1) is 9.12. The van der Waals surface area contributed by atoms with Gasteiger partial charge in [0.05, 0.1) is 18.6 Å². The van der Waals surface area contributed by atoms with Crippen molar-refractivity contribution in [1.82, 2.24) is 4.98 Å². The van der Waals surface area contributed by atoms with Crippen LogP contribution in [0.5, 0.6) is 5.75 Å². The van der Waals surface area contributed by atoms with Gasteiger partial charge in [-0.3, -0.25) is 4.98 Å². The quantitative estimate of drug-likeness (QED) is 0.838. The molecule has 19 heavy (non-hydrogen) atoms. The Hall–Kier alpha value is -1.60. The average Bonchev–Trinajstić information content (AvgIpc) is 2.44. The summed E-state index contributed by atoms with van der Waals surface area (Å²) in [5, 5.41) is 9.51. The highest BCUT2D eigenvalue weighted by atomic mass is 16.5. The number of nitrogens with zero attached hydrogens (tertiary/aromatic N) is 2. The Labute approximate surface area is 114 Å². The fourth-order valence-electron chi connectivity index (χ4n) is 2.66. The van der Waals surface area contributed by atoms with E-state index in [1.807, 2.05) is 20.0 Å². The van der Waals surface area contributed by atoms with Crippen molar-refractivity contribution in [3.05, 3.63) is 23.0 Å². The Morgan fingerprint density at radius 2 is 2.11 bits per heavy atom. The molecule has 0 saturated carbocycles. The lowest BCUT2D eigenvalue weighted by atomic mass is 9.77. The lowest BCUT2D eigenvalue weighted by Crippen LogP contribution is -2.31. The minimum absolute atomic E-state index is 0.337. The summed E-state index contributed by atoms with van der Waals surface area (Å²) < 4.78 is 10.8. The van der Waals surface area contributed by atoms with E-state index < -0.39 is 0 Å². The molecule has 0 aromatic carbocycles. The molecule has 1 aliphatic rings. The van der Waals surface area contributed by atoms with Gasteiger partial charge in [-0.25, -0.2) is 0 Å². The number of nitriles is 1. The fourth-order valence-corrected chi connectivity index (χ4v) is 2.66. The van der Waals surface area contributed by atoms with Crippen LogP contribution in [-0.2, 0) is 11.2 Å². The minimum atomic E-state index is -0.337. The second kappa shape index (κ2) is 5.58. The normalized spacial score (nSPS) is 17.8. The van der Waals surface area contributed by atoms with Crippen LogP contribution in [0.2, 0.25) is 0 Å². The number of aryl methyl sites for hydroxylation is 1. The molecule has 1 aliphatic heterocycles. The van der Waals surface area contributed by atoms with Gasteiger partial charge in [-0.15, -0.1) is 0 Å². The van der Waals surface area contributed by atoms with Gasteiger partial charge in [0, 0.05) is 42.7 Å². The number of ether oxygens (including phenoxy) is 2. The van der Waals surface area contributed by atoms with Gasteiger partial charge in [0.2, 0.25) is 0 Å². The summed E-state index contributed by atoms with van der Waals surface area (Å²) in [4.78, 5) is 4.50. The standard InChI is InChI=1S/C15H20N2O2/c1-11-9-17-13(12(2)14(11)18-3)8-15(10-16)4-6-19-7-5-15/h9H,4-8H2,1-3H3. The van der Waals surface area contributed by atoms with E-state index in [2.05, 4.69) is 11.1 Å². The van der Waals surface area contributed by atoms with E-state index >= 15 is 0 Å². The fraction of sp³-hybridized carbons (Fsp3) is 0.600. The highest BCUT2D eigenvalue weighted by Crippen LogP contribution is 2.35. The van der Waals surface area contributed by atoms with Crippen LogP contribution in [0.3, 0.4) is 0 Å². The summed E-state index contributed by atoms with van der Waals surface area (Å²) >= 11 is 0. The third kappa shape index (κ3) is 2.71. The third-order valence-electron chi connectivity index (χ3n) is 3.94. The molecular formula is C15H20N2O2. The van der Waals surface area contributed by atoms with Crippen molar-refractivity contribution in [2.75, 3.05) is 20.3 Å². The van der Waals surface area contributed by atoms with Gasteiger partial charge in [0.1, 0.15) is 5.75 Å². The largest absolute Gasteiger partial charge is 0.496 e. The smallest absolute Gasteiger partial charge is 0.128 e. The molecule has 0 bridgehead atoms. The van der Waals surface area contributed by atoms with Crippen molar-refractivity contribution in [1.29, 1.82) is 5.26 Å². The molecule has 0 aliphatic carbocycles. The van der Waals surface area contributed by atoms with E-state index in [0.29, 0.717) is 19.6 Å². The molecule has 0 unspecified atom stereocenters. The maximum Gasteiger partial charge on any atom is 0.128 e. The highest BCUT2D eigenvalue weighted by molar-refractivity contribution is 5.41. The first kappa shape index (κ1) is 13.8. The minimum Gasteiger partial charge on any atom is -0.496 e. The van der Waals surface area contributed by atoms with Gasteiger partial charge in [-0.05, 0) is 26.7 Å². The van der Waals surface area contributed by atoms with Crippen LogP contribution in [0.15, 0.2) is 6.20 Å². The molecule has 2 heterocycles. The van der Waals surface area contributed by atoms with E-state index in [9.17, 15) is 5.26 Å². The molecule has 0 atom stereocenters. The zero-order valence-corrected chi connectivity index (χ0v) is 11.8. The number of pyridine rings is 1. The Kier molecular flexibility index (Phi) is 4.06. The average molecular weight is 260 g/mol. The van der Waals surface area contributed by atoms with E-state index in [1.165, 1.54) is 0 Å². The van der Waals surface area contributed by atoms with E-state index in [-0.39, 0.29) is 5.41 Å². The van der Waals surface area contributed by atoms with Crippen molar-refractivity contribution >= 4 is 0 Å². The second-order valence-corrected chi connectivity index (χ2v) is 5.23. The summed E-state index contributed by atoms with van der Waals surface area (Å²) in [6.45, 7) is 5.32. The molecule has 1 aromatic heterocycles. The lowest BCUT2D eigenvalue weighted by Gasteiger charge is -2.31. The van der Waals surface area contributed by atoms with E-state index in [1.54, 1.807) is 7.11 Å². The molecule has 1 fully saturated rings. The number of hydrogen-bond donors (Lipinski definition) is 0. The maximum absolute atomic E-state index is 9.51. The first-order valence-corrected chi connectivity index (χ1v) is 6.60. The molecule has 4 heteroatoms. The second-order valence-electron chi connectivity index (χ2n) is 5.23. The molecule has 0 spiro atoms. The van der Waals surface area contributed by atoms with Crippen LogP contribution < -0.4 is 4.74 Å². The number of aromatic nitrogens is 1. The molecule has 2 rings (SSSR count). The van der Waals surface area contributed by atoms with E-state index in [4.69, 9.17) is 9.47 Å². The Morgan fingerprint density at radius 3 is 2.68 bits per heavy atom. The van der Waals surface area contributed by atoms with Crippen LogP contribution in [0.1, 0.15) is 29.7 Å². The molecule has 1 aromatic rings. The Bertz CT molecular complexity index is 500.